The number of rotatable bonds is 8. The third-order valence-corrected chi connectivity index (χ3v) is 7.69. The van der Waals surface area contributed by atoms with E-state index in [1.54, 1.807) is 61.0 Å². The highest BCUT2D eigenvalue weighted by Gasteiger charge is 2.18. The average Bonchev–Trinajstić information content (AvgIpc) is 3.28. The van der Waals surface area contributed by atoms with Crippen LogP contribution >= 0.6 is 15.9 Å². The Hall–Kier alpha value is -4.12. The van der Waals surface area contributed by atoms with Gasteiger partial charge in [-0.05, 0) is 69.2 Å². The molecule has 0 bridgehead atoms. The summed E-state index contributed by atoms with van der Waals surface area (Å²) in [6.07, 6.45) is 10.2. The van der Waals surface area contributed by atoms with Gasteiger partial charge in [-0.25, -0.2) is 28.1 Å². The van der Waals surface area contributed by atoms with Gasteiger partial charge in [-0.1, -0.05) is 49.1 Å². The lowest BCUT2D eigenvalue weighted by Gasteiger charge is -2.10. The fraction of sp³-hybridized carbons (Fsp3) is 0.0357. The standard InChI is InChI=1S/C28H23BrN6O2S/c1-2-22(10-5-6-15-33-38(36,37)23-13-12-19-8-3-4-9-20(19)16-23)35-27(24-11-7-14-31-26(24)30)34-25-17-21(29)18-32-28(25)35/h2-14,16-18,33H,1,15H2,(H2,30,31). The number of benzene rings is 2. The van der Waals surface area contributed by atoms with E-state index < -0.39 is 10.0 Å². The van der Waals surface area contributed by atoms with Crippen molar-refractivity contribution < 1.29 is 8.42 Å². The molecule has 2 aromatic carbocycles. The van der Waals surface area contributed by atoms with E-state index in [0.717, 1.165) is 15.2 Å². The third-order valence-electron chi connectivity index (χ3n) is 5.84. The van der Waals surface area contributed by atoms with Crippen LogP contribution in [0.5, 0.6) is 0 Å². The molecule has 0 saturated heterocycles. The lowest BCUT2D eigenvalue weighted by Crippen LogP contribution is -2.23. The molecule has 0 atom stereocenters. The number of fused-ring (bicyclic) bond motifs is 2. The molecule has 8 nitrogen and oxygen atoms in total. The van der Waals surface area contributed by atoms with Crippen molar-refractivity contribution in [1.82, 2.24) is 24.2 Å². The Kier molecular flexibility index (Phi) is 7.19. The second-order valence-electron chi connectivity index (χ2n) is 8.29. The quantitative estimate of drug-likeness (QED) is 0.230. The molecule has 0 aliphatic heterocycles. The monoisotopic (exact) mass is 586 g/mol. The number of allylic oxidation sites excluding steroid dienone is 4. The number of pyridine rings is 2. The van der Waals surface area contributed by atoms with Crippen molar-refractivity contribution >= 4 is 59.4 Å². The van der Waals surface area contributed by atoms with E-state index >= 15 is 0 Å². The van der Waals surface area contributed by atoms with Crippen LogP contribution in [-0.2, 0) is 10.0 Å². The Balaban J connectivity index is 1.42. The van der Waals surface area contributed by atoms with Crippen LogP contribution in [-0.4, -0.2) is 34.5 Å². The molecule has 190 valence electrons. The Bertz CT molecular complexity index is 1840. The predicted molar refractivity (Wildman–Crippen MR) is 156 cm³/mol. The molecule has 38 heavy (non-hydrogen) atoms. The van der Waals surface area contributed by atoms with Crippen LogP contribution in [0.2, 0.25) is 0 Å². The first-order chi connectivity index (χ1) is 18.4. The summed E-state index contributed by atoms with van der Waals surface area (Å²) in [6, 6.07) is 18.2. The van der Waals surface area contributed by atoms with Crippen molar-refractivity contribution in [3.63, 3.8) is 0 Å². The highest BCUT2D eigenvalue weighted by molar-refractivity contribution is 9.10. The number of halogens is 1. The number of sulfonamides is 1. The molecule has 3 N–H and O–H groups in total. The molecule has 0 saturated carbocycles. The summed E-state index contributed by atoms with van der Waals surface area (Å²) in [5, 5.41) is 1.84. The lowest BCUT2D eigenvalue weighted by atomic mass is 10.1. The van der Waals surface area contributed by atoms with Crippen LogP contribution in [0.15, 0.2) is 113 Å². The maximum Gasteiger partial charge on any atom is 0.240 e. The third kappa shape index (κ3) is 5.14. The molecule has 3 aromatic heterocycles. The number of anilines is 1. The van der Waals surface area contributed by atoms with Crippen molar-refractivity contribution in [3.8, 4) is 11.4 Å². The van der Waals surface area contributed by atoms with E-state index in [9.17, 15) is 8.42 Å². The highest BCUT2D eigenvalue weighted by Crippen LogP contribution is 2.31. The van der Waals surface area contributed by atoms with Gasteiger partial charge in [0.15, 0.2) is 11.5 Å². The van der Waals surface area contributed by atoms with E-state index in [2.05, 4.69) is 37.2 Å². The number of imidazole rings is 1. The molecule has 5 aromatic rings. The Morgan fingerprint density at radius 2 is 1.89 bits per heavy atom. The second-order valence-corrected chi connectivity index (χ2v) is 11.0. The van der Waals surface area contributed by atoms with Crippen LogP contribution in [0.3, 0.4) is 0 Å². The summed E-state index contributed by atoms with van der Waals surface area (Å²) in [5.74, 6) is 0.901. The van der Waals surface area contributed by atoms with E-state index in [1.165, 1.54) is 0 Å². The van der Waals surface area contributed by atoms with Gasteiger partial charge < -0.3 is 5.73 Å². The number of nitrogen functional groups attached to an aromatic ring is 1. The number of hydrogen-bond acceptors (Lipinski definition) is 6. The second kappa shape index (κ2) is 10.7. The van der Waals surface area contributed by atoms with Crippen molar-refractivity contribution in [1.29, 1.82) is 0 Å². The van der Waals surface area contributed by atoms with Crippen LogP contribution in [0.25, 0.3) is 39.0 Å². The number of nitrogens with zero attached hydrogens (tertiary/aromatic N) is 4. The smallest absolute Gasteiger partial charge is 0.240 e. The summed E-state index contributed by atoms with van der Waals surface area (Å²) in [5.41, 5.74) is 8.76. The zero-order valence-corrected chi connectivity index (χ0v) is 22.5. The van der Waals surface area contributed by atoms with Gasteiger partial charge >= 0.3 is 0 Å². The Labute approximate surface area is 228 Å². The largest absolute Gasteiger partial charge is 0.383 e. The Morgan fingerprint density at radius 3 is 2.68 bits per heavy atom. The zero-order valence-electron chi connectivity index (χ0n) is 20.1. The maximum absolute atomic E-state index is 12.8. The summed E-state index contributed by atoms with van der Waals surface area (Å²) in [4.78, 5) is 13.7. The summed E-state index contributed by atoms with van der Waals surface area (Å²) in [7, 11) is -3.67. The van der Waals surface area contributed by atoms with Gasteiger partial charge in [-0.3, -0.25) is 4.57 Å². The van der Waals surface area contributed by atoms with E-state index in [-0.39, 0.29) is 11.4 Å². The van der Waals surface area contributed by atoms with Gasteiger partial charge in [-0.2, -0.15) is 0 Å². The molecule has 0 radical (unpaired) electrons. The van der Waals surface area contributed by atoms with E-state index in [4.69, 9.17) is 10.7 Å². The van der Waals surface area contributed by atoms with Crippen LogP contribution in [0.4, 0.5) is 5.82 Å². The first-order valence-corrected chi connectivity index (χ1v) is 13.9. The fourth-order valence-corrected chi connectivity index (χ4v) is 5.35. The molecular weight excluding hydrogens is 564 g/mol. The highest BCUT2D eigenvalue weighted by atomic mass is 79.9. The van der Waals surface area contributed by atoms with Crippen LogP contribution in [0.1, 0.15) is 0 Å². The van der Waals surface area contributed by atoms with Crippen LogP contribution < -0.4 is 10.5 Å². The summed E-state index contributed by atoms with van der Waals surface area (Å²) in [6.45, 7) is 4.06. The van der Waals surface area contributed by atoms with Crippen molar-refractivity contribution in [3.05, 3.63) is 108 Å². The minimum Gasteiger partial charge on any atom is -0.383 e. The molecule has 10 heteroatoms. The van der Waals surface area contributed by atoms with Crippen molar-refractivity contribution in [2.24, 2.45) is 0 Å². The predicted octanol–water partition coefficient (Wildman–Crippen LogP) is 5.55. The zero-order chi connectivity index (χ0) is 26.7. The minimum absolute atomic E-state index is 0.106. The number of aromatic nitrogens is 4. The first kappa shape index (κ1) is 25.5. The fourth-order valence-electron chi connectivity index (χ4n) is 4.02. The molecule has 0 spiro atoms. The molecule has 0 amide bonds. The number of nitrogens with one attached hydrogen (secondary N) is 1. The number of hydrogen-bond donors (Lipinski definition) is 2. The minimum atomic E-state index is -3.67. The van der Waals surface area contributed by atoms with E-state index in [0.29, 0.717) is 34.1 Å². The van der Waals surface area contributed by atoms with Gasteiger partial charge in [0.1, 0.15) is 11.3 Å². The van der Waals surface area contributed by atoms with Gasteiger partial charge in [0, 0.05) is 29.1 Å². The number of nitrogens with two attached hydrogens (primary N) is 1. The topological polar surface area (TPSA) is 116 Å². The lowest BCUT2D eigenvalue weighted by molar-refractivity contribution is 0.586. The average molecular weight is 588 g/mol. The molecule has 5 rings (SSSR count). The van der Waals surface area contributed by atoms with Gasteiger partial charge in [0.2, 0.25) is 10.0 Å². The molecule has 0 unspecified atom stereocenters. The summed E-state index contributed by atoms with van der Waals surface area (Å²) < 4.78 is 30.9. The van der Waals surface area contributed by atoms with Crippen LogP contribution in [0, 0.1) is 0 Å². The SMILES string of the molecule is C=CC(=CC=CCNS(=O)(=O)c1ccc2ccccc2c1)n1c(-c2cccnc2N)nc2cc(Br)cnc21. The molecule has 3 heterocycles. The van der Waals surface area contributed by atoms with Gasteiger partial charge in [-0.15, -0.1) is 0 Å². The molecule has 0 aliphatic carbocycles. The molecular formula is C28H23BrN6O2S. The maximum atomic E-state index is 12.8. The molecule has 0 fully saturated rings. The Morgan fingerprint density at radius 1 is 1.08 bits per heavy atom. The van der Waals surface area contributed by atoms with Crippen molar-refractivity contribution in [2.75, 3.05) is 12.3 Å². The van der Waals surface area contributed by atoms with E-state index in [1.807, 2.05) is 41.0 Å². The molecule has 0 aliphatic rings. The normalized spacial score (nSPS) is 12.5. The van der Waals surface area contributed by atoms with Crippen molar-refractivity contribution in [2.45, 2.75) is 4.90 Å². The summed E-state index contributed by atoms with van der Waals surface area (Å²) >= 11 is 3.44. The first-order valence-electron chi connectivity index (χ1n) is 11.6. The van der Waals surface area contributed by atoms with Gasteiger partial charge in [0.25, 0.3) is 0 Å². The van der Waals surface area contributed by atoms with Gasteiger partial charge in [0.05, 0.1) is 10.5 Å².